The van der Waals surface area contributed by atoms with Crippen molar-refractivity contribution < 1.29 is 0 Å². The van der Waals surface area contributed by atoms with Gasteiger partial charge in [-0.3, -0.25) is 0 Å². The quantitative estimate of drug-likeness (QED) is 0.591. The van der Waals surface area contributed by atoms with Gasteiger partial charge in [-0.25, -0.2) is 0 Å². The van der Waals surface area contributed by atoms with Crippen LogP contribution in [-0.4, -0.2) is 0 Å². The van der Waals surface area contributed by atoms with Crippen LogP contribution in [0.5, 0.6) is 0 Å². The molecule has 1 atom stereocenters. The van der Waals surface area contributed by atoms with Crippen LogP contribution in [0.2, 0.25) is 0 Å². The minimum atomic E-state index is 0.850. The number of benzene rings is 1. The molecule has 0 radical (unpaired) electrons. The molecule has 1 aromatic carbocycles. The van der Waals surface area contributed by atoms with E-state index in [2.05, 4.69) is 52.0 Å². The van der Waals surface area contributed by atoms with Crippen molar-refractivity contribution in [3.05, 3.63) is 35.4 Å². The zero-order chi connectivity index (χ0) is 12.7. The molecule has 17 heavy (non-hydrogen) atoms. The highest BCUT2D eigenvalue weighted by Gasteiger charge is 2.07. The number of aryl methyl sites for hydroxylation is 2. The van der Waals surface area contributed by atoms with E-state index in [4.69, 9.17) is 0 Å². The molecule has 0 aromatic heterocycles. The molecule has 0 aliphatic carbocycles. The topological polar surface area (TPSA) is 0 Å². The van der Waals surface area contributed by atoms with Crippen molar-refractivity contribution in [1.82, 2.24) is 0 Å². The van der Waals surface area contributed by atoms with Crippen molar-refractivity contribution in [3.63, 3.8) is 0 Å². The second-order valence-corrected chi connectivity index (χ2v) is 5.77. The Morgan fingerprint density at radius 2 is 1.59 bits per heavy atom. The van der Waals surface area contributed by atoms with E-state index >= 15 is 0 Å². The van der Waals surface area contributed by atoms with E-state index in [1.807, 2.05) is 0 Å². The highest BCUT2D eigenvalue weighted by atomic mass is 14.1. The first kappa shape index (κ1) is 14.3. The maximum Gasteiger partial charge on any atom is -0.0276 e. The number of hydrogen-bond donors (Lipinski definition) is 0. The normalized spacial score (nSPS) is 13.0. The van der Waals surface area contributed by atoms with Gasteiger partial charge in [0.15, 0.2) is 0 Å². The lowest BCUT2D eigenvalue weighted by Crippen LogP contribution is -2.03. The van der Waals surface area contributed by atoms with Crippen molar-refractivity contribution >= 4 is 0 Å². The summed E-state index contributed by atoms with van der Waals surface area (Å²) in [6.07, 6.45) is 6.72. The molecule has 0 amide bonds. The van der Waals surface area contributed by atoms with Crippen LogP contribution in [-0.2, 0) is 6.42 Å². The molecule has 1 aromatic rings. The summed E-state index contributed by atoms with van der Waals surface area (Å²) in [6.45, 7) is 9.14. The number of hydrogen-bond acceptors (Lipinski definition) is 0. The lowest BCUT2D eigenvalue weighted by atomic mass is 9.90. The first-order chi connectivity index (χ1) is 8.11. The van der Waals surface area contributed by atoms with Crippen LogP contribution >= 0.6 is 0 Å². The van der Waals surface area contributed by atoms with E-state index in [1.165, 1.54) is 43.2 Å². The minimum Gasteiger partial charge on any atom is -0.0651 e. The lowest BCUT2D eigenvalue weighted by Gasteiger charge is -2.16. The third-order valence-electron chi connectivity index (χ3n) is 3.69. The van der Waals surface area contributed by atoms with Crippen LogP contribution in [0.15, 0.2) is 24.3 Å². The van der Waals surface area contributed by atoms with Gasteiger partial charge >= 0.3 is 0 Å². The Labute approximate surface area is 107 Å². The van der Waals surface area contributed by atoms with Gasteiger partial charge in [-0.1, -0.05) is 69.9 Å². The van der Waals surface area contributed by atoms with E-state index < -0.39 is 0 Å². The van der Waals surface area contributed by atoms with Gasteiger partial charge in [0.1, 0.15) is 0 Å². The highest BCUT2D eigenvalue weighted by molar-refractivity contribution is 5.21. The van der Waals surface area contributed by atoms with Gasteiger partial charge in [0, 0.05) is 0 Å². The Hall–Kier alpha value is -0.780. The van der Waals surface area contributed by atoms with Gasteiger partial charge < -0.3 is 0 Å². The van der Waals surface area contributed by atoms with E-state index in [9.17, 15) is 0 Å². The fourth-order valence-corrected chi connectivity index (χ4v) is 2.25. The van der Waals surface area contributed by atoms with Crippen LogP contribution in [0.25, 0.3) is 0 Å². The Bertz CT molecular complexity index is 294. The predicted octanol–water partition coefficient (Wildman–Crippen LogP) is 5.39. The standard InChI is InChI=1S/C17H28/c1-5-16(9-6-14(2)3)12-13-17-10-7-15(4)8-11-17/h7-8,10-11,14,16H,5-6,9,12-13H2,1-4H3. The third-order valence-corrected chi connectivity index (χ3v) is 3.69. The number of rotatable bonds is 7. The Morgan fingerprint density at radius 3 is 2.12 bits per heavy atom. The van der Waals surface area contributed by atoms with E-state index in [-0.39, 0.29) is 0 Å². The highest BCUT2D eigenvalue weighted by Crippen LogP contribution is 2.21. The van der Waals surface area contributed by atoms with Gasteiger partial charge in [-0.15, -0.1) is 0 Å². The molecule has 0 saturated carbocycles. The second kappa shape index (κ2) is 7.53. The van der Waals surface area contributed by atoms with Crippen molar-refractivity contribution in [2.24, 2.45) is 11.8 Å². The Balaban J connectivity index is 2.34. The summed E-state index contributed by atoms with van der Waals surface area (Å²) in [5, 5.41) is 0. The van der Waals surface area contributed by atoms with Crippen molar-refractivity contribution in [2.45, 2.75) is 59.8 Å². The smallest absolute Gasteiger partial charge is 0.0276 e. The molecule has 0 spiro atoms. The Morgan fingerprint density at radius 1 is 0.941 bits per heavy atom. The molecular formula is C17H28. The molecular weight excluding hydrogens is 204 g/mol. The fraction of sp³-hybridized carbons (Fsp3) is 0.647. The van der Waals surface area contributed by atoms with Gasteiger partial charge in [0.05, 0.1) is 0 Å². The zero-order valence-corrected chi connectivity index (χ0v) is 12.0. The largest absolute Gasteiger partial charge is 0.0651 e. The molecule has 0 N–H and O–H groups in total. The van der Waals surface area contributed by atoms with Crippen LogP contribution < -0.4 is 0 Å². The van der Waals surface area contributed by atoms with E-state index in [1.54, 1.807) is 0 Å². The fourth-order valence-electron chi connectivity index (χ4n) is 2.25. The van der Waals surface area contributed by atoms with Crippen LogP contribution in [0, 0.1) is 18.8 Å². The molecule has 0 aliphatic rings. The molecule has 1 unspecified atom stereocenters. The summed E-state index contributed by atoms with van der Waals surface area (Å²) in [5.41, 5.74) is 2.86. The summed E-state index contributed by atoms with van der Waals surface area (Å²) >= 11 is 0. The molecule has 0 heteroatoms. The summed E-state index contributed by atoms with van der Waals surface area (Å²) in [4.78, 5) is 0. The first-order valence-corrected chi connectivity index (χ1v) is 7.17. The average Bonchev–Trinajstić information content (AvgIpc) is 2.31. The maximum atomic E-state index is 2.33. The summed E-state index contributed by atoms with van der Waals surface area (Å²) in [6, 6.07) is 9.02. The van der Waals surface area contributed by atoms with Crippen LogP contribution in [0.1, 0.15) is 57.6 Å². The average molecular weight is 232 g/mol. The van der Waals surface area contributed by atoms with E-state index in [0.717, 1.165) is 11.8 Å². The monoisotopic (exact) mass is 232 g/mol. The SMILES string of the molecule is CCC(CCc1ccc(C)cc1)CCC(C)C. The third kappa shape index (κ3) is 5.91. The van der Waals surface area contributed by atoms with Gasteiger partial charge in [-0.05, 0) is 37.2 Å². The molecule has 0 nitrogen and oxygen atoms in total. The molecule has 0 saturated heterocycles. The zero-order valence-electron chi connectivity index (χ0n) is 12.0. The van der Waals surface area contributed by atoms with Crippen molar-refractivity contribution in [3.8, 4) is 0 Å². The summed E-state index contributed by atoms with van der Waals surface area (Å²) in [7, 11) is 0. The van der Waals surface area contributed by atoms with Crippen molar-refractivity contribution in [2.75, 3.05) is 0 Å². The summed E-state index contributed by atoms with van der Waals surface area (Å²) < 4.78 is 0. The molecule has 0 bridgehead atoms. The maximum absolute atomic E-state index is 2.33. The second-order valence-electron chi connectivity index (χ2n) is 5.77. The summed E-state index contributed by atoms with van der Waals surface area (Å²) in [5.74, 6) is 1.77. The van der Waals surface area contributed by atoms with Crippen LogP contribution in [0.4, 0.5) is 0 Å². The van der Waals surface area contributed by atoms with Gasteiger partial charge in [0.25, 0.3) is 0 Å². The molecule has 1 rings (SSSR count). The predicted molar refractivity (Wildman–Crippen MR) is 77.4 cm³/mol. The van der Waals surface area contributed by atoms with Crippen LogP contribution in [0.3, 0.4) is 0 Å². The molecule has 0 fully saturated rings. The minimum absolute atomic E-state index is 0.850. The lowest BCUT2D eigenvalue weighted by molar-refractivity contribution is 0.391. The first-order valence-electron chi connectivity index (χ1n) is 7.17. The molecule has 96 valence electrons. The Kier molecular flexibility index (Phi) is 6.32. The van der Waals surface area contributed by atoms with Gasteiger partial charge in [-0.2, -0.15) is 0 Å². The van der Waals surface area contributed by atoms with E-state index in [0.29, 0.717) is 0 Å². The molecule has 0 aliphatic heterocycles. The molecule has 0 heterocycles. The van der Waals surface area contributed by atoms with Gasteiger partial charge in [0.2, 0.25) is 0 Å². The van der Waals surface area contributed by atoms with Crippen molar-refractivity contribution in [1.29, 1.82) is 0 Å².